The SMILES string of the molecule is Cc1cc(C(=O)Nc2cc(C)on2)nc(N2CCOCC2)n1. The standard InChI is InChI=1S/C14H17N5O3/c1-9-7-11(13(20)17-12-8-10(2)22-18-12)16-14(15-9)19-3-5-21-6-4-19/h7-8H,3-6H2,1-2H3,(H,17,18,20). The molecule has 0 unspecified atom stereocenters. The number of nitrogens with one attached hydrogen (secondary N) is 1. The topological polar surface area (TPSA) is 93.4 Å². The maximum Gasteiger partial charge on any atom is 0.275 e. The molecule has 1 amide bonds. The van der Waals surface area contributed by atoms with E-state index in [9.17, 15) is 4.79 Å². The summed E-state index contributed by atoms with van der Waals surface area (Å²) in [5.41, 5.74) is 1.03. The lowest BCUT2D eigenvalue weighted by Crippen LogP contribution is -2.37. The lowest BCUT2D eigenvalue weighted by atomic mass is 10.3. The number of ether oxygens (including phenoxy) is 1. The number of rotatable bonds is 3. The summed E-state index contributed by atoms with van der Waals surface area (Å²) in [6, 6.07) is 3.29. The largest absolute Gasteiger partial charge is 0.378 e. The van der Waals surface area contributed by atoms with E-state index in [2.05, 4.69) is 20.4 Å². The minimum absolute atomic E-state index is 0.301. The van der Waals surface area contributed by atoms with Crippen LogP contribution in [0, 0.1) is 13.8 Å². The normalized spacial score (nSPS) is 14.9. The van der Waals surface area contributed by atoms with E-state index in [0.29, 0.717) is 49.5 Å². The molecule has 0 atom stereocenters. The Hall–Kier alpha value is -2.48. The van der Waals surface area contributed by atoms with Gasteiger partial charge in [0.2, 0.25) is 5.95 Å². The molecule has 3 rings (SSSR count). The van der Waals surface area contributed by atoms with Gasteiger partial charge in [0, 0.05) is 24.8 Å². The maximum atomic E-state index is 12.3. The molecule has 22 heavy (non-hydrogen) atoms. The monoisotopic (exact) mass is 303 g/mol. The highest BCUT2D eigenvalue weighted by atomic mass is 16.5. The van der Waals surface area contributed by atoms with E-state index in [1.807, 2.05) is 11.8 Å². The van der Waals surface area contributed by atoms with Crippen LogP contribution in [-0.2, 0) is 4.74 Å². The molecular weight excluding hydrogens is 286 g/mol. The molecule has 1 aliphatic heterocycles. The minimum Gasteiger partial charge on any atom is -0.378 e. The molecule has 0 saturated carbocycles. The molecule has 8 nitrogen and oxygen atoms in total. The average molecular weight is 303 g/mol. The Morgan fingerprint density at radius 1 is 1.23 bits per heavy atom. The molecule has 116 valence electrons. The summed E-state index contributed by atoms with van der Waals surface area (Å²) in [5, 5.41) is 6.40. The van der Waals surface area contributed by atoms with Crippen molar-refractivity contribution in [3.63, 3.8) is 0 Å². The summed E-state index contributed by atoms with van der Waals surface area (Å²) >= 11 is 0. The minimum atomic E-state index is -0.340. The molecule has 1 N–H and O–H groups in total. The number of amides is 1. The summed E-state index contributed by atoms with van der Waals surface area (Å²) in [6.45, 7) is 6.30. The molecule has 8 heteroatoms. The second kappa shape index (κ2) is 6.10. The van der Waals surface area contributed by atoms with E-state index in [0.717, 1.165) is 5.69 Å². The number of morpholine rings is 1. The fourth-order valence-corrected chi connectivity index (χ4v) is 2.18. The number of hydrogen-bond donors (Lipinski definition) is 1. The van der Waals surface area contributed by atoms with Crippen LogP contribution in [0.25, 0.3) is 0 Å². The van der Waals surface area contributed by atoms with Crippen LogP contribution in [0.3, 0.4) is 0 Å². The Bertz CT molecular complexity index is 679. The first-order chi connectivity index (χ1) is 10.6. The van der Waals surface area contributed by atoms with Crippen molar-refractivity contribution in [1.29, 1.82) is 0 Å². The van der Waals surface area contributed by atoms with Crippen LogP contribution in [0.2, 0.25) is 0 Å². The summed E-state index contributed by atoms with van der Waals surface area (Å²) in [4.78, 5) is 23.0. The zero-order valence-electron chi connectivity index (χ0n) is 12.5. The van der Waals surface area contributed by atoms with E-state index >= 15 is 0 Å². The van der Waals surface area contributed by atoms with Gasteiger partial charge >= 0.3 is 0 Å². The lowest BCUT2D eigenvalue weighted by molar-refractivity contribution is 0.102. The molecule has 0 aliphatic carbocycles. The molecule has 0 bridgehead atoms. The zero-order valence-corrected chi connectivity index (χ0v) is 12.5. The fraction of sp³-hybridized carbons (Fsp3) is 0.429. The summed E-state index contributed by atoms with van der Waals surface area (Å²) in [6.07, 6.45) is 0. The summed E-state index contributed by atoms with van der Waals surface area (Å²) in [5.74, 6) is 1.20. The van der Waals surface area contributed by atoms with Crippen LogP contribution >= 0.6 is 0 Å². The van der Waals surface area contributed by atoms with Gasteiger partial charge in [-0.3, -0.25) is 4.79 Å². The molecular formula is C14H17N5O3. The van der Waals surface area contributed by atoms with Gasteiger partial charge in [-0.2, -0.15) is 0 Å². The fourth-order valence-electron chi connectivity index (χ4n) is 2.18. The van der Waals surface area contributed by atoms with Gasteiger partial charge in [0.25, 0.3) is 5.91 Å². The molecule has 1 fully saturated rings. The Labute approximate surface area is 127 Å². The van der Waals surface area contributed by atoms with E-state index in [1.54, 1.807) is 19.1 Å². The van der Waals surface area contributed by atoms with Crippen LogP contribution in [-0.4, -0.2) is 47.3 Å². The second-order valence-corrected chi connectivity index (χ2v) is 5.07. The van der Waals surface area contributed by atoms with E-state index < -0.39 is 0 Å². The third kappa shape index (κ3) is 3.22. The van der Waals surface area contributed by atoms with Gasteiger partial charge < -0.3 is 19.5 Å². The van der Waals surface area contributed by atoms with E-state index in [1.165, 1.54) is 0 Å². The number of aryl methyl sites for hydroxylation is 2. The van der Waals surface area contributed by atoms with Gasteiger partial charge in [-0.05, 0) is 19.9 Å². The highest BCUT2D eigenvalue weighted by Gasteiger charge is 2.18. The highest BCUT2D eigenvalue weighted by molar-refractivity contribution is 6.02. The Morgan fingerprint density at radius 3 is 2.68 bits per heavy atom. The second-order valence-electron chi connectivity index (χ2n) is 5.07. The summed E-state index contributed by atoms with van der Waals surface area (Å²) < 4.78 is 10.2. The van der Waals surface area contributed by atoms with E-state index in [-0.39, 0.29) is 5.91 Å². The van der Waals surface area contributed by atoms with Crippen molar-refractivity contribution in [3.05, 3.63) is 29.3 Å². The van der Waals surface area contributed by atoms with Crippen LogP contribution in [0.1, 0.15) is 21.9 Å². The number of carbonyl (C=O) groups is 1. The number of carbonyl (C=O) groups excluding carboxylic acids is 1. The van der Waals surface area contributed by atoms with Crippen molar-refractivity contribution in [2.75, 3.05) is 36.5 Å². The summed E-state index contributed by atoms with van der Waals surface area (Å²) in [7, 11) is 0. The predicted octanol–water partition coefficient (Wildman–Crippen LogP) is 1.17. The van der Waals surface area contributed by atoms with Crippen molar-refractivity contribution in [3.8, 4) is 0 Å². The molecule has 1 aliphatic rings. The number of hydrogen-bond acceptors (Lipinski definition) is 7. The van der Waals surface area contributed by atoms with Gasteiger partial charge in [0.05, 0.1) is 13.2 Å². The van der Waals surface area contributed by atoms with Crippen LogP contribution in [0.5, 0.6) is 0 Å². The molecule has 2 aromatic heterocycles. The number of nitrogens with zero attached hydrogens (tertiary/aromatic N) is 4. The molecule has 1 saturated heterocycles. The molecule has 0 aromatic carbocycles. The Kier molecular flexibility index (Phi) is 4.01. The first-order valence-electron chi connectivity index (χ1n) is 7.05. The molecule has 2 aromatic rings. The quantitative estimate of drug-likeness (QED) is 0.909. The average Bonchev–Trinajstić information content (AvgIpc) is 2.92. The first-order valence-corrected chi connectivity index (χ1v) is 7.05. The molecule has 0 radical (unpaired) electrons. The van der Waals surface area contributed by atoms with Crippen molar-refractivity contribution in [2.24, 2.45) is 0 Å². The van der Waals surface area contributed by atoms with Crippen LogP contribution in [0.4, 0.5) is 11.8 Å². The van der Waals surface area contributed by atoms with Crippen molar-refractivity contribution >= 4 is 17.7 Å². The van der Waals surface area contributed by atoms with Gasteiger partial charge in [0.15, 0.2) is 5.82 Å². The Morgan fingerprint density at radius 2 is 2.00 bits per heavy atom. The first kappa shape index (κ1) is 14.5. The zero-order chi connectivity index (χ0) is 15.5. The van der Waals surface area contributed by atoms with Crippen LogP contribution in [0.15, 0.2) is 16.7 Å². The maximum absolute atomic E-state index is 12.3. The lowest BCUT2D eigenvalue weighted by Gasteiger charge is -2.27. The third-order valence-corrected chi connectivity index (χ3v) is 3.24. The van der Waals surface area contributed by atoms with E-state index in [4.69, 9.17) is 9.26 Å². The van der Waals surface area contributed by atoms with Crippen LogP contribution < -0.4 is 10.2 Å². The van der Waals surface area contributed by atoms with Gasteiger partial charge in [0.1, 0.15) is 11.5 Å². The highest BCUT2D eigenvalue weighted by Crippen LogP contribution is 2.14. The smallest absolute Gasteiger partial charge is 0.275 e. The number of anilines is 2. The third-order valence-electron chi connectivity index (χ3n) is 3.24. The van der Waals surface area contributed by atoms with Gasteiger partial charge in [-0.1, -0.05) is 5.16 Å². The van der Waals surface area contributed by atoms with Gasteiger partial charge in [-0.15, -0.1) is 0 Å². The van der Waals surface area contributed by atoms with Crippen molar-refractivity contribution in [2.45, 2.75) is 13.8 Å². The Balaban J connectivity index is 1.80. The van der Waals surface area contributed by atoms with Crippen molar-refractivity contribution < 1.29 is 14.1 Å². The number of aromatic nitrogens is 3. The predicted molar refractivity (Wildman–Crippen MR) is 79.0 cm³/mol. The van der Waals surface area contributed by atoms with Crippen molar-refractivity contribution in [1.82, 2.24) is 15.1 Å². The molecule has 0 spiro atoms. The van der Waals surface area contributed by atoms with Gasteiger partial charge in [-0.25, -0.2) is 9.97 Å². The molecule has 3 heterocycles.